The number of hydrogen-bond acceptors (Lipinski definition) is 0. The Bertz CT molecular complexity index is 1770. The van der Waals surface area contributed by atoms with Gasteiger partial charge in [0.25, 0.3) is 0 Å². The van der Waals surface area contributed by atoms with Gasteiger partial charge in [0.2, 0.25) is 0 Å². The fourth-order valence-corrected chi connectivity index (χ4v) is 5.40. The van der Waals surface area contributed by atoms with E-state index in [1.807, 2.05) is 30.3 Å². The molecule has 0 heterocycles. The Balaban J connectivity index is 0.000000240. The van der Waals surface area contributed by atoms with Gasteiger partial charge < -0.3 is 24.8 Å². The summed E-state index contributed by atoms with van der Waals surface area (Å²) < 4.78 is 0. The van der Waals surface area contributed by atoms with Gasteiger partial charge in [-0.25, -0.2) is 0 Å². The molecule has 0 bridgehead atoms. The van der Waals surface area contributed by atoms with Crippen molar-refractivity contribution >= 4 is 28.4 Å². The predicted octanol–water partition coefficient (Wildman–Crippen LogP) is 5.18. The van der Waals surface area contributed by atoms with Crippen molar-refractivity contribution in [2.75, 3.05) is 0 Å². The van der Waals surface area contributed by atoms with Gasteiger partial charge in [0.05, 0.1) is 0 Å². The zero-order chi connectivity index (χ0) is 30.8. The number of rotatable bonds is 2. The van der Waals surface area contributed by atoms with E-state index in [2.05, 4.69) is 151 Å². The van der Waals surface area contributed by atoms with Crippen molar-refractivity contribution in [3.8, 4) is 22.3 Å². The molecule has 0 spiro atoms. The Morgan fingerprint density at radius 3 is 1.13 bits per heavy atom. The van der Waals surface area contributed by atoms with E-state index in [4.69, 9.17) is 0 Å². The first-order chi connectivity index (χ1) is 20.9. The van der Waals surface area contributed by atoms with Crippen LogP contribution in [0.4, 0.5) is 0 Å². The quantitative estimate of drug-likeness (QED) is 0.171. The summed E-state index contributed by atoms with van der Waals surface area (Å²) in [4.78, 5) is 0. The van der Waals surface area contributed by atoms with Crippen molar-refractivity contribution < 1.29 is 48.1 Å². The van der Waals surface area contributed by atoms with Gasteiger partial charge in [0.1, 0.15) is 0 Å². The summed E-state index contributed by atoms with van der Waals surface area (Å²) >= 11 is 1.36. The summed E-state index contributed by atoms with van der Waals surface area (Å²) in [5.41, 5.74) is 11.7. The number of aryl methyl sites for hydroxylation is 4. The molecule has 0 aliphatic heterocycles. The SMILES string of the molecule is Cc1cc2c(-c3ccccc3)ccc(C)c2[cH-]1.Cc1cc2c(-c3ccccc3)ccc(C)c2[cH-]1.[CH2-]c1ccccc1.[Cl-].[Cl-].[Si]=[Zr+2]. The van der Waals surface area contributed by atoms with Gasteiger partial charge in [-0.1, -0.05) is 118 Å². The third kappa shape index (κ3) is 9.93. The molecular formula is C41H37Cl2SiZr-3. The average molecular weight is 720 g/mol. The molecule has 0 amide bonds. The van der Waals surface area contributed by atoms with Crippen molar-refractivity contribution in [1.82, 2.24) is 0 Å². The molecule has 4 heteroatoms. The van der Waals surface area contributed by atoms with Crippen molar-refractivity contribution in [3.05, 3.63) is 174 Å². The third-order valence-electron chi connectivity index (χ3n) is 7.51. The van der Waals surface area contributed by atoms with E-state index in [-0.39, 0.29) is 24.8 Å². The monoisotopic (exact) mass is 717 g/mol. The van der Waals surface area contributed by atoms with Crippen LogP contribution in [0.5, 0.6) is 0 Å². The number of fused-ring (bicyclic) bond motifs is 2. The van der Waals surface area contributed by atoms with Crippen LogP contribution in [0.25, 0.3) is 43.8 Å². The topological polar surface area (TPSA) is 0 Å². The predicted molar refractivity (Wildman–Crippen MR) is 186 cm³/mol. The molecule has 0 unspecified atom stereocenters. The molecule has 0 saturated carbocycles. The molecule has 0 saturated heterocycles. The van der Waals surface area contributed by atoms with E-state index < -0.39 is 0 Å². The summed E-state index contributed by atoms with van der Waals surface area (Å²) in [6.07, 6.45) is 0. The van der Waals surface area contributed by atoms with Crippen LogP contribution in [0.3, 0.4) is 0 Å². The van der Waals surface area contributed by atoms with Crippen molar-refractivity contribution in [1.29, 1.82) is 0 Å². The minimum absolute atomic E-state index is 0. The Morgan fingerprint density at radius 2 is 0.822 bits per heavy atom. The van der Waals surface area contributed by atoms with Gasteiger partial charge in [-0.05, 0) is 11.1 Å². The summed E-state index contributed by atoms with van der Waals surface area (Å²) in [6.45, 7) is 15.5. The summed E-state index contributed by atoms with van der Waals surface area (Å²) in [5, 5.41) is 5.50. The van der Waals surface area contributed by atoms with E-state index in [1.54, 1.807) is 0 Å². The fourth-order valence-electron chi connectivity index (χ4n) is 5.40. The van der Waals surface area contributed by atoms with Crippen molar-refractivity contribution in [2.24, 2.45) is 0 Å². The van der Waals surface area contributed by atoms with Gasteiger partial charge in [-0.3, -0.25) is 0 Å². The molecule has 0 aliphatic rings. The molecule has 0 atom stereocenters. The van der Waals surface area contributed by atoms with Crippen LogP contribution in [0.15, 0.2) is 140 Å². The summed E-state index contributed by atoms with van der Waals surface area (Å²) in [5.74, 6) is 0. The molecule has 0 nitrogen and oxygen atoms in total. The van der Waals surface area contributed by atoms with Gasteiger partial charge in [-0.15, -0.1) is 80.2 Å². The Hall–Kier alpha value is -3.13. The van der Waals surface area contributed by atoms with Crippen LogP contribution in [-0.4, -0.2) is 6.88 Å². The van der Waals surface area contributed by atoms with E-state index in [9.17, 15) is 0 Å². The molecule has 7 aromatic rings. The van der Waals surface area contributed by atoms with E-state index >= 15 is 0 Å². The Kier molecular flexibility index (Phi) is 15.9. The maximum absolute atomic E-state index is 3.72. The maximum atomic E-state index is 3.72. The molecule has 7 aromatic carbocycles. The molecule has 7 rings (SSSR count). The summed E-state index contributed by atoms with van der Waals surface area (Å²) in [6, 6.07) is 49.1. The van der Waals surface area contributed by atoms with E-state index in [0.717, 1.165) is 5.56 Å². The second-order valence-electron chi connectivity index (χ2n) is 10.8. The van der Waals surface area contributed by atoms with Crippen LogP contribution in [0, 0.1) is 34.6 Å². The van der Waals surface area contributed by atoms with Crippen LogP contribution in [0.1, 0.15) is 27.8 Å². The molecule has 0 N–H and O–H groups in total. The molecule has 226 valence electrons. The summed E-state index contributed by atoms with van der Waals surface area (Å²) in [7, 11) is 0. The molecule has 45 heavy (non-hydrogen) atoms. The van der Waals surface area contributed by atoms with Crippen molar-refractivity contribution in [2.45, 2.75) is 27.7 Å². The van der Waals surface area contributed by atoms with Crippen LogP contribution >= 0.6 is 0 Å². The van der Waals surface area contributed by atoms with Gasteiger partial charge in [0.15, 0.2) is 0 Å². The average Bonchev–Trinajstić information content (AvgIpc) is 3.64. The van der Waals surface area contributed by atoms with Crippen LogP contribution < -0.4 is 24.8 Å². The minimum atomic E-state index is 0. The zero-order valence-corrected chi connectivity index (χ0v) is 31.2. The first kappa shape index (κ1) is 38.1. The second-order valence-corrected chi connectivity index (χ2v) is 10.8. The van der Waals surface area contributed by atoms with Gasteiger partial charge >= 0.3 is 30.2 Å². The van der Waals surface area contributed by atoms with Gasteiger partial charge in [-0.2, -0.15) is 36.8 Å². The van der Waals surface area contributed by atoms with Crippen molar-refractivity contribution in [3.63, 3.8) is 0 Å². The van der Waals surface area contributed by atoms with E-state index in [0.29, 0.717) is 0 Å². The number of halogens is 2. The van der Waals surface area contributed by atoms with Gasteiger partial charge in [0, 0.05) is 0 Å². The first-order valence-electron chi connectivity index (χ1n) is 14.5. The standard InChI is InChI=1S/2C17H15.C7H7.2ClH.Si.Zr/c2*1-12-10-16-13(2)8-9-15(17(16)11-12)14-6-4-3-5-7-14;1-7-5-3-2-4-6-7;;;;/h2*3-11H,1-2H3;2-6H,1H2;2*1H;;/q3*-1;;;;+2/p-2. The van der Waals surface area contributed by atoms with Crippen LogP contribution in [-0.2, 0) is 23.3 Å². The number of benzene rings is 5. The fraction of sp³-hybridized carbons (Fsp3) is 0.0976. The third-order valence-corrected chi connectivity index (χ3v) is 7.51. The molecule has 0 aromatic heterocycles. The molecule has 0 fully saturated rings. The van der Waals surface area contributed by atoms with E-state index in [1.165, 1.54) is 89.4 Å². The molecule has 2 radical (unpaired) electrons. The van der Waals surface area contributed by atoms with Crippen LogP contribution in [0.2, 0.25) is 0 Å². The number of hydrogen-bond donors (Lipinski definition) is 0. The first-order valence-corrected chi connectivity index (χ1v) is 18.7. The Labute approximate surface area is 298 Å². The second kappa shape index (κ2) is 18.7. The normalized spacial score (nSPS) is 9.73. The zero-order valence-electron chi connectivity index (χ0n) is 26.2. The Morgan fingerprint density at radius 1 is 0.489 bits per heavy atom. The molecular weight excluding hydrogens is 683 g/mol. The molecule has 0 aliphatic carbocycles.